The van der Waals surface area contributed by atoms with E-state index in [1.807, 2.05) is 54.6 Å². The third-order valence-electron chi connectivity index (χ3n) is 6.89. The van der Waals surface area contributed by atoms with Crippen LogP contribution in [0.15, 0.2) is 78.9 Å². The Hall–Kier alpha value is -3.20. The van der Waals surface area contributed by atoms with Crippen LogP contribution < -0.4 is 4.74 Å². The molecule has 228 valence electrons. The number of allylic oxidation sites excluding steroid dienone is 1. The molecular formula is C33H37F5O3S. The SMILES string of the molecule is CC/C(=C(/c1ccc(O)cc1)c1ccc(OCCCCCCS(=O)CCCC(F)(F)C(F)(F)F)cc1)c1ccccc1. The number of benzene rings is 3. The quantitative estimate of drug-likeness (QED) is 0.100. The maximum atomic E-state index is 12.9. The predicted molar refractivity (Wildman–Crippen MR) is 159 cm³/mol. The lowest BCUT2D eigenvalue weighted by Gasteiger charge is -2.19. The average molecular weight is 609 g/mol. The molecule has 0 aliphatic carbocycles. The lowest BCUT2D eigenvalue weighted by molar-refractivity contribution is -0.284. The van der Waals surface area contributed by atoms with Crippen molar-refractivity contribution in [3.8, 4) is 11.5 Å². The first-order valence-electron chi connectivity index (χ1n) is 14.1. The molecule has 0 fully saturated rings. The average Bonchev–Trinajstić information content (AvgIpc) is 2.96. The molecule has 0 spiro atoms. The minimum Gasteiger partial charge on any atom is -0.508 e. The summed E-state index contributed by atoms with van der Waals surface area (Å²) < 4.78 is 80.3. The molecule has 0 heterocycles. The Kier molecular flexibility index (Phi) is 12.6. The van der Waals surface area contributed by atoms with Crippen molar-refractivity contribution in [2.75, 3.05) is 18.1 Å². The lowest BCUT2D eigenvalue weighted by Crippen LogP contribution is -2.36. The number of ether oxygens (including phenoxy) is 1. The van der Waals surface area contributed by atoms with E-state index >= 15 is 0 Å². The molecule has 9 heteroatoms. The molecule has 1 atom stereocenters. The second-order valence-corrected chi connectivity index (χ2v) is 11.8. The van der Waals surface area contributed by atoms with Gasteiger partial charge in [0.05, 0.1) is 6.61 Å². The fourth-order valence-electron chi connectivity index (χ4n) is 4.63. The van der Waals surface area contributed by atoms with Crippen molar-refractivity contribution in [3.63, 3.8) is 0 Å². The fourth-order valence-corrected chi connectivity index (χ4v) is 5.83. The summed E-state index contributed by atoms with van der Waals surface area (Å²) in [6.45, 7) is 2.62. The van der Waals surface area contributed by atoms with E-state index in [0.717, 1.165) is 53.7 Å². The standard InChI is InChI=1S/C33H37F5O3S/c1-2-30(25-11-6-5-7-12-25)31(26-13-17-28(39)18-14-26)27-15-19-29(20-16-27)41-22-8-3-4-9-23-42(40)24-10-21-32(34,35)33(36,37)38/h5-7,11-20,39H,2-4,8-10,21-24H2,1H3/b31-30+. The number of hydrogen-bond acceptors (Lipinski definition) is 3. The molecule has 0 bridgehead atoms. The van der Waals surface area contributed by atoms with Crippen LogP contribution in [0.2, 0.25) is 0 Å². The van der Waals surface area contributed by atoms with Gasteiger partial charge in [0.25, 0.3) is 0 Å². The number of aromatic hydroxyl groups is 1. The predicted octanol–water partition coefficient (Wildman–Crippen LogP) is 9.43. The van der Waals surface area contributed by atoms with Crippen molar-refractivity contribution in [3.05, 3.63) is 95.6 Å². The number of hydrogen-bond donors (Lipinski definition) is 1. The molecule has 3 aromatic rings. The highest BCUT2D eigenvalue weighted by atomic mass is 32.2. The van der Waals surface area contributed by atoms with Crippen LogP contribution in [-0.2, 0) is 10.8 Å². The van der Waals surface area contributed by atoms with Crippen molar-refractivity contribution in [2.24, 2.45) is 0 Å². The molecule has 3 nitrogen and oxygen atoms in total. The van der Waals surface area contributed by atoms with Gasteiger partial charge in [0.2, 0.25) is 0 Å². The van der Waals surface area contributed by atoms with Crippen LogP contribution in [0, 0.1) is 0 Å². The van der Waals surface area contributed by atoms with Crippen LogP contribution in [0.1, 0.15) is 68.6 Å². The van der Waals surface area contributed by atoms with Gasteiger partial charge in [0, 0.05) is 28.7 Å². The van der Waals surface area contributed by atoms with Crippen LogP contribution in [0.4, 0.5) is 22.0 Å². The molecule has 0 aliphatic heterocycles. The maximum Gasteiger partial charge on any atom is 0.453 e. The molecule has 1 N–H and O–H groups in total. The largest absolute Gasteiger partial charge is 0.508 e. The minimum absolute atomic E-state index is 0.153. The Morgan fingerprint density at radius 2 is 1.31 bits per heavy atom. The van der Waals surface area contributed by atoms with E-state index in [4.69, 9.17) is 4.74 Å². The monoisotopic (exact) mass is 608 g/mol. The molecule has 0 aromatic heterocycles. The highest BCUT2D eigenvalue weighted by Crippen LogP contribution is 2.39. The summed E-state index contributed by atoms with van der Waals surface area (Å²) in [5, 5.41) is 9.81. The number of rotatable bonds is 16. The highest BCUT2D eigenvalue weighted by Gasteiger charge is 2.56. The van der Waals surface area contributed by atoms with Crippen LogP contribution in [0.3, 0.4) is 0 Å². The second-order valence-electron chi connectivity index (χ2n) is 10.1. The van der Waals surface area contributed by atoms with Gasteiger partial charge in [0.1, 0.15) is 11.5 Å². The normalized spacial score (nSPS) is 13.5. The Morgan fingerprint density at radius 1 is 0.738 bits per heavy atom. The van der Waals surface area contributed by atoms with E-state index in [-0.39, 0.29) is 11.5 Å². The lowest BCUT2D eigenvalue weighted by atomic mass is 9.88. The van der Waals surface area contributed by atoms with Gasteiger partial charge < -0.3 is 9.84 Å². The Labute approximate surface area is 246 Å². The third kappa shape index (κ3) is 9.96. The first-order chi connectivity index (χ1) is 20.0. The van der Waals surface area contributed by atoms with E-state index in [1.54, 1.807) is 12.1 Å². The van der Waals surface area contributed by atoms with Crippen LogP contribution in [0.25, 0.3) is 11.1 Å². The minimum atomic E-state index is -5.56. The molecular weight excluding hydrogens is 571 g/mol. The van der Waals surface area contributed by atoms with Gasteiger partial charge in [-0.3, -0.25) is 4.21 Å². The van der Waals surface area contributed by atoms with Crippen molar-refractivity contribution in [1.29, 1.82) is 0 Å². The Bertz CT molecular complexity index is 1290. The Balaban J connectivity index is 1.47. The van der Waals surface area contributed by atoms with E-state index < -0.39 is 35.7 Å². The van der Waals surface area contributed by atoms with Crippen LogP contribution >= 0.6 is 0 Å². The first kappa shape index (κ1) is 33.3. The summed E-state index contributed by atoms with van der Waals surface area (Å²) >= 11 is 0. The number of phenols is 1. The van der Waals surface area contributed by atoms with Gasteiger partial charge in [-0.2, -0.15) is 22.0 Å². The van der Waals surface area contributed by atoms with Crippen LogP contribution in [-0.4, -0.2) is 39.5 Å². The number of alkyl halides is 5. The van der Waals surface area contributed by atoms with Crippen LogP contribution in [0.5, 0.6) is 11.5 Å². The van der Waals surface area contributed by atoms with Gasteiger partial charge in [-0.25, -0.2) is 0 Å². The second kappa shape index (κ2) is 15.9. The van der Waals surface area contributed by atoms with E-state index in [0.29, 0.717) is 18.8 Å². The molecule has 1 unspecified atom stereocenters. The molecule has 42 heavy (non-hydrogen) atoms. The molecule has 0 radical (unpaired) electrons. The van der Waals surface area contributed by atoms with Crippen molar-refractivity contribution in [2.45, 2.75) is 64.0 Å². The number of halogens is 5. The first-order valence-corrected chi connectivity index (χ1v) is 15.6. The zero-order valence-electron chi connectivity index (χ0n) is 23.6. The Morgan fingerprint density at radius 3 is 1.90 bits per heavy atom. The summed E-state index contributed by atoms with van der Waals surface area (Å²) in [6, 6.07) is 25.3. The topological polar surface area (TPSA) is 46.5 Å². The number of unbranched alkanes of at least 4 members (excludes halogenated alkanes) is 3. The van der Waals surface area contributed by atoms with Crippen molar-refractivity contribution >= 4 is 21.9 Å². The van der Waals surface area contributed by atoms with Gasteiger partial charge in [-0.05, 0) is 77.8 Å². The molecule has 3 aromatic carbocycles. The summed E-state index contributed by atoms with van der Waals surface area (Å²) in [5.41, 5.74) is 5.44. The van der Waals surface area contributed by atoms with E-state index in [2.05, 4.69) is 19.1 Å². The molecule has 0 saturated heterocycles. The summed E-state index contributed by atoms with van der Waals surface area (Å²) in [5.74, 6) is -3.65. The van der Waals surface area contributed by atoms with Gasteiger partial charge in [-0.1, -0.05) is 74.4 Å². The maximum absolute atomic E-state index is 12.9. The zero-order chi connectivity index (χ0) is 30.6. The summed E-state index contributed by atoms with van der Waals surface area (Å²) in [4.78, 5) is 0. The van der Waals surface area contributed by atoms with Crippen molar-refractivity contribution < 1.29 is 36.0 Å². The fraction of sp³-hybridized carbons (Fsp3) is 0.394. The van der Waals surface area contributed by atoms with Gasteiger partial charge in [-0.15, -0.1) is 0 Å². The molecule has 0 amide bonds. The van der Waals surface area contributed by atoms with Gasteiger partial charge in [0.15, 0.2) is 0 Å². The van der Waals surface area contributed by atoms with Crippen molar-refractivity contribution in [1.82, 2.24) is 0 Å². The molecule has 0 saturated carbocycles. The smallest absolute Gasteiger partial charge is 0.453 e. The van der Waals surface area contributed by atoms with E-state index in [9.17, 15) is 31.3 Å². The third-order valence-corrected chi connectivity index (χ3v) is 8.38. The number of phenolic OH excluding ortho intramolecular Hbond substituents is 1. The molecule has 3 rings (SSSR count). The zero-order valence-corrected chi connectivity index (χ0v) is 24.5. The summed E-state index contributed by atoms with van der Waals surface area (Å²) in [7, 11) is -1.40. The van der Waals surface area contributed by atoms with Gasteiger partial charge >= 0.3 is 12.1 Å². The highest BCUT2D eigenvalue weighted by molar-refractivity contribution is 7.84. The molecule has 0 aliphatic rings. The van der Waals surface area contributed by atoms with E-state index in [1.165, 1.54) is 5.57 Å². The summed E-state index contributed by atoms with van der Waals surface area (Å²) in [6.07, 6.45) is -3.51.